The number of carbonyl (C=O) groups excluding carboxylic acids is 4. The summed E-state index contributed by atoms with van der Waals surface area (Å²) in [4.78, 5) is 60.0. The van der Waals surface area contributed by atoms with Gasteiger partial charge in [0.25, 0.3) is 0 Å². The monoisotopic (exact) mass is 1020 g/mol. The first kappa shape index (κ1) is 55.1. The number of hydrogen-bond donors (Lipinski definition) is 6. The van der Waals surface area contributed by atoms with Gasteiger partial charge in [-0.05, 0) is 107 Å². The van der Waals surface area contributed by atoms with Crippen molar-refractivity contribution in [1.29, 1.82) is 0 Å². The molecule has 0 radical (unpaired) electrons. The summed E-state index contributed by atoms with van der Waals surface area (Å²) in [6.07, 6.45) is 6.77. The first-order chi connectivity index (χ1) is 34.6. The second-order valence-corrected chi connectivity index (χ2v) is 20.8. The number of likely N-dealkylation sites (tertiary alicyclic amines) is 1. The van der Waals surface area contributed by atoms with E-state index in [-0.39, 0.29) is 61.1 Å². The van der Waals surface area contributed by atoms with Gasteiger partial charge in [0.05, 0.1) is 28.7 Å². The van der Waals surface area contributed by atoms with Crippen molar-refractivity contribution >= 4 is 57.7 Å². The number of rotatable bonds is 25. The van der Waals surface area contributed by atoms with Crippen LogP contribution in [0.3, 0.4) is 0 Å². The number of benzene rings is 4. The van der Waals surface area contributed by atoms with E-state index < -0.39 is 23.6 Å². The molecule has 2 heterocycles. The Morgan fingerprint density at radius 1 is 0.764 bits per heavy atom. The summed E-state index contributed by atoms with van der Waals surface area (Å²) in [5.41, 5.74) is 8.86. The Morgan fingerprint density at radius 2 is 1.33 bits per heavy atom. The second kappa shape index (κ2) is 27.0. The van der Waals surface area contributed by atoms with Gasteiger partial charge in [0.15, 0.2) is 0 Å². The SMILES string of the molecule is Cc1ncsc1-c1ccc(CNC(=O)[C@@H]2C[C@@H](O)CN2C(=O)C(NC(=O)CCCCCCCCCC(=O)NCCOc2ccc(C(=C(CCCl)c3ccc(O)cc3)c3ccc(O)cc3)cc2)C(C)(C)C)cc1. The van der Waals surface area contributed by atoms with Gasteiger partial charge in [0.2, 0.25) is 23.6 Å². The number of carbonyl (C=O) groups is 4. The minimum atomic E-state index is -0.869. The number of aromatic nitrogens is 1. The number of phenolic OH excluding ortho intramolecular Hbond substituents is 2. The number of unbranched alkanes of at least 4 members (excludes halogenated alkanes) is 6. The van der Waals surface area contributed by atoms with Crippen LogP contribution in [0.1, 0.15) is 119 Å². The lowest BCUT2D eigenvalue weighted by atomic mass is 9.85. The summed E-state index contributed by atoms with van der Waals surface area (Å²) in [6, 6.07) is 28.0. The molecule has 1 fully saturated rings. The molecule has 1 unspecified atom stereocenters. The summed E-state index contributed by atoms with van der Waals surface area (Å²) in [5, 5.41) is 39.3. The Morgan fingerprint density at radius 3 is 1.90 bits per heavy atom. The largest absolute Gasteiger partial charge is 0.508 e. The molecule has 1 aromatic heterocycles. The number of hydrogen-bond acceptors (Lipinski definition) is 10. The summed E-state index contributed by atoms with van der Waals surface area (Å²) in [7, 11) is 0. The average Bonchev–Trinajstić information content (AvgIpc) is 3.99. The van der Waals surface area contributed by atoms with Gasteiger partial charge in [-0.2, -0.15) is 0 Å². The number of thiazole rings is 1. The van der Waals surface area contributed by atoms with E-state index in [1.54, 1.807) is 35.6 Å². The lowest BCUT2D eigenvalue weighted by Gasteiger charge is -2.35. The van der Waals surface area contributed by atoms with Crippen LogP contribution >= 0.6 is 22.9 Å². The van der Waals surface area contributed by atoms with Crippen molar-refractivity contribution in [3.63, 3.8) is 0 Å². The van der Waals surface area contributed by atoms with Gasteiger partial charge in [-0.1, -0.05) is 114 Å². The van der Waals surface area contributed by atoms with E-state index >= 15 is 0 Å². The van der Waals surface area contributed by atoms with E-state index in [1.165, 1.54) is 4.90 Å². The average molecular weight is 1020 g/mol. The van der Waals surface area contributed by atoms with Crippen LogP contribution in [0.15, 0.2) is 103 Å². The molecule has 72 heavy (non-hydrogen) atoms. The smallest absolute Gasteiger partial charge is 0.246 e. The van der Waals surface area contributed by atoms with Crippen molar-refractivity contribution in [2.75, 3.05) is 25.6 Å². The quantitative estimate of drug-likeness (QED) is 0.0188. The van der Waals surface area contributed by atoms with Crippen molar-refractivity contribution in [2.45, 2.75) is 123 Å². The van der Waals surface area contributed by atoms with Gasteiger partial charge in [-0.25, -0.2) is 4.98 Å². The molecule has 6 rings (SSSR count). The minimum Gasteiger partial charge on any atom is -0.508 e. The molecule has 0 bridgehead atoms. The highest BCUT2D eigenvalue weighted by molar-refractivity contribution is 7.13. The van der Waals surface area contributed by atoms with Gasteiger partial charge in [0.1, 0.15) is 35.9 Å². The molecule has 1 aliphatic heterocycles. The molecule has 3 atom stereocenters. The molecule has 0 spiro atoms. The maximum atomic E-state index is 14.0. The number of nitrogens with zero attached hydrogens (tertiary/aromatic N) is 2. The number of β-amino-alcohol motifs (C(OH)–C–C–N with tert-alkyl or cyclic N) is 1. The third-order valence-electron chi connectivity index (χ3n) is 12.9. The van der Waals surface area contributed by atoms with Crippen molar-refractivity contribution in [1.82, 2.24) is 25.8 Å². The lowest BCUT2D eigenvalue weighted by Crippen LogP contribution is -2.57. The number of allylic oxidation sites excluding steroid dienone is 1. The molecule has 384 valence electrons. The van der Waals surface area contributed by atoms with Gasteiger partial charge < -0.3 is 40.9 Å². The molecular formula is C57H70ClN5O8S. The van der Waals surface area contributed by atoms with Crippen LogP contribution in [-0.2, 0) is 25.7 Å². The van der Waals surface area contributed by atoms with Crippen molar-refractivity contribution in [2.24, 2.45) is 5.41 Å². The third-order valence-corrected chi connectivity index (χ3v) is 14.0. The first-order valence-corrected chi connectivity index (χ1v) is 26.5. The number of halogens is 1. The summed E-state index contributed by atoms with van der Waals surface area (Å²) >= 11 is 7.86. The lowest BCUT2D eigenvalue weighted by molar-refractivity contribution is -0.144. The van der Waals surface area contributed by atoms with Crippen LogP contribution in [0, 0.1) is 12.3 Å². The highest BCUT2D eigenvalue weighted by Gasteiger charge is 2.44. The van der Waals surface area contributed by atoms with E-state index in [1.807, 2.05) is 106 Å². The number of aliphatic hydroxyl groups excluding tert-OH is 1. The van der Waals surface area contributed by atoms with Crippen molar-refractivity contribution in [3.8, 4) is 27.7 Å². The highest BCUT2D eigenvalue weighted by atomic mass is 35.5. The van der Waals surface area contributed by atoms with E-state index in [4.69, 9.17) is 16.3 Å². The zero-order chi connectivity index (χ0) is 51.6. The van der Waals surface area contributed by atoms with E-state index in [0.29, 0.717) is 44.0 Å². The standard InChI is InChI=1S/C57H70ClN5O8S/c1-38-53(72-37-61-38)43-16-14-39(15-17-43)35-60-55(69)49-34-46(66)36-63(49)56(70)54(57(2,3)4)62-51(68)13-11-9-7-5-6-8-10-12-50(67)59-32-33-71-47-28-22-42(23-29-47)52(41-20-26-45(65)27-21-41)48(30-31-58)40-18-24-44(64)25-19-40/h14-29,37,46,49,54,64-66H,5-13,30-36H2,1-4H3,(H,59,67)(H,60,69)(H,62,68)/t46-,49+,54?/m1/s1. The van der Waals surface area contributed by atoms with Crippen LogP contribution in [-0.4, -0.2) is 92.6 Å². The van der Waals surface area contributed by atoms with Crippen molar-refractivity contribution < 1.29 is 39.2 Å². The molecule has 15 heteroatoms. The predicted molar refractivity (Wildman–Crippen MR) is 286 cm³/mol. The van der Waals surface area contributed by atoms with Gasteiger partial charge >= 0.3 is 0 Å². The molecule has 5 aromatic rings. The molecule has 4 amide bonds. The fourth-order valence-corrected chi connectivity index (χ4v) is 9.95. The predicted octanol–water partition coefficient (Wildman–Crippen LogP) is 9.93. The highest BCUT2D eigenvalue weighted by Crippen LogP contribution is 2.37. The van der Waals surface area contributed by atoms with Crippen LogP contribution < -0.4 is 20.7 Å². The molecule has 0 saturated carbocycles. The Hall–Kier alpha value is -6.22. The van der Waals surface area contributed by atoms with E-state index in [2.05, 4.69) is 20.9 Å². The fourth-order valence-electron chi connectivity index (χ4n) is 8.95. The zero-order valence-corrected chi connectivity index (χ0v) is 43.5. The van der Waals surface area contributed by atoms with Crippen LogP contribution in [0.25, 0.3) is 21.6 Å². The van der Waals surface area contributed by atoms with Crippen LogP contribution in [0.4, 0.5) is 0 Å². The number of nitrogens with one attached hydrogen (secondary N) is 3. The number of phenols is 2. The maximum absolute atomic E-state index is 14.0. The number of aryl methyl sites for hydroxylation is 1. The van der Waals surface area contributed by atoms with Gasteiger partial charge in [0, 0.05) is 38.2 Å². The van der Waals surface area contributed by atoms with Gasteiger partial charge in [-0.3, -0.25) is 19.2 Å². The van der Waals surface area contributed by atoms with Gasteiger partial charge in [-0.15, -0.1) is 22.9 Å². The van der Waals surface area contributed by atoms with E-state index in [0.717, 1.165) is 88.1 Å². The molecule has 13 nitrogen and oxygen atoms in total. The molecular weight excluding hydrogens is 950 g/mol. The first-order valence-electron chi connectivity index (χ1n) is 25.0. The summed E-state index contributed by atoms with van der Waals surface area (Å²) in [5.74, 6) is 0.455. The molecule has 1 aliphatic rings. The molecule has 6 N–H and O–H groups in total. The summed E-state index contributed by atoms with van der Waals surface area (Å²) < 4.78 is 5.96. The molecule has 4 aromatic carbocycles. The Labute approximate surface area is 433 Å². The Bertz CT molecular complexity index is 2580. The number of amides is 4. The normalized spacial score (nSPS) is 15.4. The minimum absolute atomic E-state index is 0.0170. The Balaban J connectivity index is 0.849. The zero-order valence-electron chi connectivity index (χ0n) is 41.9. The third kappa shape index (κ3) is 16.1. The van der Waals surface area contributed by atoms with E-state index in [9.17, 15) is 34.5 Å². The second-order valence-electron chi connectivity index (χ2n) is 19.5. The molecule has 0 aliphatic carbocycles. The molecule has 1 saturated heterocycles. The van der Waals surface area contributed by atoms with Crippen molar-refractivity contribution in [3.05, 3.63) is 131 Å². The Kier molecular flexibility index (Phi) is 20.7. The van der Waals surface area contributed by atoms with Crippen LogP contribution in [0.5, 0.6) is 17.2 Å². The number of alkyl halides is 1. The number of aromatic hydroxyl groups is 2. The fraction of sp³-hybridized carbons (Fsp3) is 0.421. The number of aliphatic hydroxyl groups is 1. The summed E-state index contributed by atoms with van der Waals surface area (Å²) in [6.45, 7) is 8.60. The van der Waals surface area contributed by atoms with Crippen LogP contribution in [0.2, 0.25) is 0 Å². The maximum Gasteiger partial charge on any atom is 0.246 e. The number of ether oxygens (including phenoxy) is 1. The topological polar surface area (TPSA) is 190 Å².